The minimum Gasteiger partial charge on any atom is -0.480 e. The van der Waals surface area contributed by atoms with Gasteiger partial charge in [0.1, 0.15) is 24.7 Å². The van der Waals surface area contributed by atoms with Crippen molar-refractivity contribution < 1.29 is 24.6 Å². The molecule has 12 heteroatoms. The average molecular weight is 804 g/mol. The van der Waals surface area contributed by atoms with E-state index in [1.165, 1.54) is 80.3 Å². The Morgan fingerprint density at radius 3 is 1.89 bits per heavy atom. The van der Waals surface area contributed by atoms with Crippen molar-refractivity contribution >= 4 is 91.1 Å². The molecule has 0 bridgehead atoms. The predicted molar refractivity (Wildman–Crippen MR) is 227 cm³/mol. The number of nitrogens with zero attached hydrogens (tertiary/aromatic N) is 3. The highest BCUT2D eigenvalue weighted by atomic mass is 32.1. The van der Waals surface area contributed by atoms with Gasteiger partial charge in [-0.25, -0.2) is 0 Å². The number of carbonyl (C=O) groups is 3. The third-order valence-electron chi connectivity index (χ3n) is 9.83. The number of carboxylic acids is 2. The van der Waals surface area contributed by atoms with E-state index in [0.717, 1.165) is 33.0 Å². The number of fused-ring (bicyclic) bond motifs is 3. The summed E-state index contributed by atoms with van der Waals surface area (Å²) in [6.45, 7) is 11.8. The quantitative estimate of drug-likeness (QED) is 0.0991. The SMILES string of the molecule is CCn1c2ccccc2c2cc(-c3cc(C)c(-c4cc(C)c(-c5cc(C)c(-c6sc(/C=C(\C#N)C(=O)N(CC(=O)O)CC(=O)O)c(C)c6C)s5)s4)s3)ccc21. The first-order valence-electron chi connectivity index (χ1n) is 17.6. The lowest BCUT2D eigenvalue weighted by Crippen LogP contribution is -2.39. The zero-order chi connectivity index (χ0) is 39.3. The maximum Gasteiger partial charge on any atom is 0.323 e. The molecule has 0 aliphatic heterocycles. The summed E-state index contributed by atoms with van der Waals surface area (Å²) in [4.78, 5) is 45.3. The van der Waals surface area contributed by atoms with Crippen molar-refractivity contribution in [2.24, 2.45) is 0 Å². The van der Waals surface area contributed by atoms with Gasteiger partial charge in [0.2, 0.25) is 0 Å². The normalized spacial score (nSPS) is 11.8. The van der Waals surface area contributed by atoms with Crippen LogP contribution in [-0.2, 0) is 20.9 Å². The van der Waals surface area contributed by atoms with Gasteiger partial charge in [-0.15, -0.1) is 45.3 Å². The minimum atomic E-state index is -1.37. The van der Waals surface area contributed by atoms with Crippen LogP contribution in [0, 0.1) is 45.9 Å². The Hall–Kier alpha value is -5.32. The molecule has 8 nitrogen and oxygen atoms in total. The fourth-order valence-corrected chi connectivity index (χ4v) is 12.4. The first-order chi connectivity index (χ1) is 26.3. The second kappa shape index (κ2) is 15.1. The van der Waals surface area contributed by atoms with E-state index in [1.54, 1.807) is 22.7 Å². The van der Waals surface area contributed by atoms with Crippen LogP contribution in [0.5, 0.6) is 0 Å². The number of aliphatic carboxylic acids is 2. The third-order valence-corrected chi connectivity index (χ3v) is 15.5. The number of benzene rings is 2. The highest BCUT2D eigenvalue weighted by Gasteiger charge is 2.25. The molecular weight excluding hydrogens is 767 g/mol. The van der Waals surface area contributed by atoms with E-state index in [4.69, 9.17) is 0 Å². The molecule has 0 atom stereocenters. The number of para-hydroxylation sites is 1. The van der Waals surface area contributed by atoms with Gasteiger partial charge in [0, 0.05) is 67.4 Å². The molecule has 0 aliphatic carbocycles. The minimum absolute atomic E-state index is 0.319. The summed E-state index contributed by atoms with van der Waals surface area (Å²) in [6, 6.07) is 24.1. The highest BCUT2D eigenvalue weighted by Crippen LogP contribution is 2.49. The van der Waals surface area contributed by atoms with Gasteiger partial charge < -0.3 is 19.7 Å². The van der Waals surface area contributed by atoms with Crippen LogP contribution in [0.15, 0.2) is 66.2 Å². The Kier molecular flexibility index (Phi) is 10.4. The topological polar surface area (TPSA) is 124 Å². The average Bonchev–Trinajstić information content (AvgIpc) is 3.96. The van der Waals surface area contributed by atoms with Crippen LogP contribution in [0.3, 0.4) is 0 Å². The van der Waals surface area contributed by atoms with Crippen molar-refractivity contribution in [2.75, 3.05) is 13.1 Å². The predicted octanol–water partition coefficient (Wildman–Crippen LogP) is 11.2. The number of thiophene rings is 4. The van der Waals surface area contributed by atoms with E-state index < -0.39 is 30.9 Å². The van der Waals surface area contributed by atoms with Gasteiger partial charge in [-0.3, -0.25) is 14.4 Å². The van der Waals surface area contributed by atoms with Crippen molar-refractivity contribution in [3.8, 4) is 45.8 Å². The van der Waals surface area contributed by atoms with E-state index in [0.29, 0.717) is 9.78 Å². The van der Waals surface area contributed by atoms with Gasteiger partial charge >= 0.3 is 11.9 Å². The lowest BCUT2D eigenvalue weighted by atomic mass is 10.1. The summed E-state index contributed by atoms with van der Waals surface area (Å²) in [6.07, 6.45) is 1.44. The zero-order valence-corrected chi connectivity index (χ0v) is 34.3. The summed E-state index contributed by atoms with van der Waals surface area (Å²) in [5.41, 5.74) is 8.91. The summed E-state index contributed by atoms with van der Waals surface area (Å²) < 4.78 is 2.38. The second-order valence-corrected chi connectivity index (χ2v) is 17.7. The number of rotatable bonds is 11. The van der Waals surface area contributed by atoms with Gasteiger partial charge in [0.25, 0.3) is 5.91 Å². The van der Waals surface area contributed by atoms with Crippen molar-refractivity contribution in [3.63, 3.8) is 0 Å². The number of hydrogen-bond donors (Lipinski definition) is 2. The fraction of sp³-hybridized carbons (Fsp3) is 0.209. The van der Waals surface area contributed by atoms with Gasteiger partial charge in [-0.1, -0.05) is 24.3 Å². The fourth-order valence-electron chi connectivity index (χ4n) is 7.02. The van der Waals surface area contributed by atoms with E-state index in [2.05, 4.69) is 92.9 Å². The molecule has 0 aliphatic rings. The lowest BCUT2D eigenvalue weighted by Gasteiger charge is -2.17. The molecule has 1 amide bonds. The number of aromatic nitrogens is 1. The Labute approximate surface area is 334 Å². The van der Waals surface area contributed by atoms with Gasteiger partial charge in [0.05, 0.1) is 0 Å². The highest BCUT2D eigenvalue weighted by molar-refractivity contribution is 7.29. The Morgan fingerprint density at radius 2 is 1.27 bits per heavy atom. The summed E-state index contributed by atoms with van der Waals surface area (Å²) in [5, 5.41) is 30.8. The standard InChI is InChI=1S/C43H37N3O5S4/c1-7-46-31-11-9-8-10-29(31)30-17-27(12-13-32(30)46)34-14-22(2)39(53-34)35-15-23(3)40(54-35)36-16-24(4)41(55-36)42-26(6)25(5)33(52-42)18-28(19-44)43(51)45(20-37(47)48)21-38(49)50/h8-18H,7,20-21H2,1-6H3,(H,47,48)(H,49,50)/b28-18+. The van der Waals surface area contributed by atoms with E-state index in [-0.39, 0.29) is 5.57 Å². The third kappa shape index (κ3) is 7.05. The molecule has 5 heterocycles. The number of hydrogen-bond acceptors (Lipinski definition) is 8. The van der Waals surface area contributed by atoms with Gasteiger partial charge in [0.15, 0.2) is 0 Å². The van der Waals surface area contributed by atoms with Crippen LogP contribution in [-0.4, -0.2) is 50.6 Å². The second-order valence-electron chi connectivity index (χ2n) is 13.5. The zero-order valence-electron chi connectivity index (χ0n) is 31.1. The van der Waals surface area contributed by atoms with Crippen LogP contribution < -0.4 is 0 Å². The molecule has 2 aromatic carbocycles. The van der Waals surface area contributed by atoms with Crippen LogP contribution in [0.25, 0.3) is 67.6 Å². The largest absolute Gasteiger partial charge is 0.480 e. The molecule has 0 unspecified atom stereocenters. The van der Waals surface area contributed by atoms with E-state index in [1.807, 2.05) is 31.3 Å². The first kappa shape index (κ1) is 38.0. The molecule has 7 rings (SSSR count). The molecule has 278 valence electrons. The molecule has 0 fully saturated rings. The Bertz CT molecular complexity index is 2750. The van der Waals surface area contributed by atoms with E-state index >= 15 is 0 Å². The van der Waals surface area contributed by atoms with Crippen molar-refractivity contribution in [3.05, 3.63) is 98.9 Å². The van der Waals surface area contributed by atoms with Crippen molar-refractivity contribution in [1.82, 2.24) is 9.47 Å². The van der Waals surface area contributed by atoms with Crippen LogP contribution in [0.4, 0.5) is 0 Å². The summed E-state index contributed by atoms with van der Waals surface area (Å²) in [7, 11) is 0. The molecule has 0 radical (unpaired) electrons. The first-order valence-corrected chi connectivity index (χ1v) is 20.8. The number of carboxylic acid groups (broad SMARTS) is 2. The molecule has 7 aromatic rings. The van der Waals surface area contributed by atoms with Crippen LogP contribution in [0.2, 0.25) is 0 Å². The molecule has 2 N–H and O–H groups in total. The van der Waals surface area contributed by atoms with Gasteiger partial charge in [-0.05, 0) is 117 Å². The Balaban J connectivity index is 1.19. The summed E-state index contributed by atoms with van der Waals surface area (Å²) >= 11 is 6.81. The molecule has 55 heavy (non-hydrogen) atoms. The lowest BCUT2D eigenvalue weighted by molar-refractivity contribution is -0.147. The van der Waals surface area contributed by atoms with Crippen LogP contribution in [0.1, 0.15) is 39.6 Å². The van der Waals surface area contributed by atoms with E-state index in [9.17, 15) is 29.9 Å². The molecule has 0 saturated carbocycles. The molecule has 5 aromatic heterocycles. The maximum atomic E-state index is 13.1. The smallest absolute Gasteiger partial charge is 0.323 e. The monoisotopic (exact) mass is 803 g/mol. The molecule has 0 saturated heterocycles. The van der Waals surface area contributed by atoms with Crippen LogP contribution >= 0.6 is 45.3 Å². The summed E-state index contributed by atoms with van der Waals surface area (Å²) in [5.74, 6) is -3.67. The van der Waals surface area contributed by atoms with Crippen molar-refractivity contribution in [2.45, 2.75) is 48.1 Å². The Morgan fingerprint density at radius 1 is 0.709 bits per heavy atom. The van der Waals surface area contributed by atoms with Crippen molar-refractivity contribution in [1.29, 1.82) is 5.26 Å². The number of carbonyl (C=O) groups excluding carboxylic acids is 1. The van der Waals surface area contributed by atoms with Gasteiger partial charge in [-0.2, -0.15) is 5.26 Å². The molecule has 0 spiro atoms. The number of aryl methyl sites for hydroxylation is 4. The maximum absolute atomic E-state index is 13.1. The number of amides is 1. The number of nitriles is 1. The molecular formula is C43H37N3O5S4.